The molecule has 0 spiro atoms. The first kappa shape index (κ1) is 31.6. The molecule has 3 unspecified atom stereocenters. The number of terminal acetylenes is 1. The highest BCUT2D eigenvalue weighted by Crippen LogP contribution is 2.50. The molecule has 0 aromatic heterocycles. The van der Waals surface area contributed by atoms with E-state index in [9.17, 15) is 4.79 Å². The van der Waals surface area contributed by atoms with Crippen LogP contribution >= 0.6 is 0 Å². The molecule has 1 saturated heterocycles. The molecule has 226 valence electrons. The number of benzene rings is 1. The molecule has 0 amide bonds. The molecule has 4 rings (SSSR count). The highest BCUT2D eigenvalue weighted by Gasteiger charge is 2.40. The Morgan fingerprint density at radius 1 is 1.07 bits per heavy atom. The zero-order chi connectivity index (χ0) is 29.6. The van der Waals surface area contributed by atoms with Crippen molar-refractivity contribution in [3.63, 3.8) is 0 Å². The number of likely N-dealkylation sites (tertiary alicyclic amines) is 1. The van der Waals surface area contributed by atoms with Crippen molar-refractivity contribution in [3.05, 3.63) is 28.8 Å². The first-order valence-corrected chi connectivity index (χ1v) is 16.3. The molecule has 1 aromatic carbocycles. The van der Waals surface area contributed by atoms with Gasteiger partial charge in [-0.25, -0.2) is 0 Å². The standard InChI is InChI=1S/C36H54N2O3/c1-8-10-12-15-26(3)28(5)29-23-32(40-35(39)27(4)16-21-37-19-13-11-14-20-37)34-30-25-38(18-9-2)22-17-31(30)36(6,7)41-33(34)24-29/h2,23-24,26-28H,8,10-22,25H2,1,3-7H3. The lowest BCUT2D eigenvalue weighted by molar-refractivity contribution is -0.138. The van der Waals surface area contributed by atoms with Crippen molar-refractivity contribution in [2.45, 2.75) is 111 Å². The van der Waals surface area contributed by atoms with E-state index in [1.165, 1.54) is 61.7 Å². The molecule has 0 N–H and O–H groups in total. The normalized spacial score (nSPS) is 21.2. The second-order valence-corrected chi connectivity index (χ2v) is 13.4. The van der Waals surface area contributed by atoms with Gasteiger partial charge in [-0.15, -0.1) is 6.42 Å². The van der Waals surface area contributed by atoms with Gasteiger partial charge in [0.15, 0.2) is 0 Å². The maximum Gasteiger partial charge on any atom is 0.314 e. The van der Waals surface area contributed by atoms with Gasteiger partial charge in [0.2, 0.25) is 0 Å². The summed E-state index contributed by atoms with van der Waals surface area (Å²) in [5.74, 6) is 4.86. The molecule has 1 aromatic rings. The molecule has 3 aliphatic heterocycles. The number of carbonyl (C=O) groups excluding carboxylic acids is 1. The zero-order valence-corrected chi connectivity index (χ0v) is 26.7. The lowest BCUT2D eigenvalue weighted by Crippen LogP contribution is -2.42. The molecule has 1 fully saturated rings. The van der Waals surface area contributed by atoms with Crippen LogP contribution in [0.3, 0.4) is 0 Å². The van der Waals surface area contributed by atoms with E-state index in [2.05, 4.69) is 62.5 Å². The van der Waals surface area contributed by atoms with Crippen LogP contribution < -0.4 is 9.47 Å². The van der Waals surface area contributed by atoms with Crippen molar-refractivity contribution in [2.75, 3.05) is 39.3 Å². The Morgan fingerprint density at radius 3 is 2.54 bits per heavy atom. The van der Waals surface area contributed by atoms with Gasteiger partial charge < -0.3 is 14.4 Å². The highest BCUT2D eigenvalue weighted by molar-refractivity contribution is 5.85. The van der Waals surface area contributed by atoms with E-state index in [4.69, 9.17) is 15.9 Å². The quantitative estimate of drug-likeness (QED) is 0.113. The van der Waals surface area contributed by atoms with Crippen molar-refractivity contribution in [1.29, 1.82) is 0 Å². The largest absolute Gasteiger partial charge is 0.483 e. The molecule has 3 atom stereocenters. The van der Waals surface area contributed by atoms with E-state index in [0.717, 1.165) is 56.9 Å². The third kappa shape index (κ3) is 7.76. The number of hydrogen-bond acceptors (Lipinski definition) is 5. The third-order valence-electron chi connectivity index (χ3n) is 9.80. The summed E-state index contributed by atoms with van der Waals surface area (Å²) in [6.45, 7) is 18.8. The Balaban J connectivity index is 1.65. The molecular formula is C36H54N2O3. The number of fused-ring (bicyclic) bond motifs is 2. The van der Waals surface area contributed by atoms with Crippen LogP contribution in [0.15, 0.2) is 17.7 Å². The molecule has 0 aliphatic carbocycles. The second-order valence-electron chi connectivity index (χ2n) is 13.4. The van der Waals surface area contributed by atoms with Gasteiger partial charge in [-0.05, 0) is 99.8 Å². The van der Waals surface area contributed by atoms with E-state index in [1.807, 2.05) is 6.92 Å². The predicted molar refractivity (Wildman–Crippen MR) is 169 cm³/mol. The minimum absolute atomic E-state index is 0.145. The SMILES string of the molecule is C#CCN1CCC2=C(C1)c1c(OC(=O)C(C)CCN3CCCCC3)cc(C(C)C(C)CCCCC)cc1OC2(C)C. The number of nitrogens with zero attached hydrogens (tertiary/aromatic N) is 2. The molecular weight excluding hydrogens is 508 g/mol. The first-order chi connectivity index (χ1) is 19.6. The monoisotopic (exact) mass is 562 g/mol. The smallest absolute Gasteiger partial charge is 0.314 e. The van der Waals surface area contributed by atoms with Gasteiger partial charge in [-0.2, -0.15) is 0 Å². The van der Waals surface area contributed by atoms with Crippen molar-refractivity contribution < 1.29 is 14.3 Å². The van der Waals surface area contributed by atoms with Crippen LogP contribution in [0, 0.1) is 24.2 Å². The summed E-state index contributed by atoms with van der Waals surface area (Å²) in [7, 11) is 0. The van der Waals surface area contributed by atoms with E-state index in [-0.39, 0.29) is 11.9 Å². The maximum absolute atomic E-state index is 13.6. The topological polar surface area (TPSA) is 42.0 Å². The number of piperidine rings is 1. The molecule has 5 nitrogen and oxygen atoms in total. The summed E-state index contributed by atoms with van der Waals surface area (Å²) in [6, 6.07) is 4.36. The van der Waals surface area contributed by atoms with E-state index < -0.39 is 5.60 Å². The predicted octanol–water partition coefficient (Wildman–Crippen LogP) is 7.69. The van der Waals surface area contributed by atoms with Crippen LogP contribution in [-0.2, 0) is 4.79 Å². The Kier molecular flexibility index (Phi) is 11.0. The van der Waals surface area contributed by atoms with Crippen LogP contribution in [0.25, 0.3) is 5.57 Å². The third-order valence-corrected chi connectivity index (χ3v) is 9.80. The Morgan fingerprint density at radius 2 is 1.83 bits per heavy atom. The van der Waals surface area contributed by atoms with Crippen molar-refractivity contribution in [1.82, 2.24) is 9.80 Å². The van der Waals surface area contributed by atoms with Crippen molar-refractivity contribution in [2.24, 2.45) is 11.8 Å². The number of carbonyl (C=O) groups is 1. The van der Waals surface area contributed by atoms with Gasteiger partial charge >= 0.3 is 5.97 Å². The molecule has 0 bridgehead atoms. The summed E-state index contributed by atoms with van der Waals surface area (Å²) in [4.78, 5) is 18.4. The molecule has 41 heavy (non-hydrogen) atoms. The minimum atomic E-state index is -0.415. The lowest BCUT2D eigenvalue weighted by atomic mass is 9.79. The average molecular weight is 563 g/mol. The van der Waals surface area contributed by atoms with Crippen LogP contribution in [0.1, 0.15) is 116 Å². The van der Waals surface area contributed by atoms with Gasteiger partial charge in [0.1, 0.15) is 17.1 Å². The molecule has 0 saturated carbocycles. The summed E-state index contributed by atoms with van der Waals surface area (Å²) in [6.07, 6.45) is 16.2. The number of unbranched alkanes of at least 4 members (excludes halogenated alkanes) is 2. The Hall–Kier alpha value is -2.29. The van der Waals surface area contributed by atoms with Crippen LogP contribution in [0.5, 0.6) is 11.5 Å². The van der Waals surface area contributed by atoms with Crippen molar-refractivity contribution in [3.8, 4) is 23.8 Å². The average Bonchev–Trinajstić information content (AvgIpc) is 2.95. The van der Waals surface area contributed by atoms with Gasteiger partial charge in [-0.3, -0.25) is 9.69 Å². The summed E-state index contributed by atoms with van der Waals surface area (Å²) in [5.41, 5.74) is 4.24. The van der Waals surface area contributed by atoms with E-state index in [1.54, 1.807) is 0 Å². The molecule has 3 heterocycles. The number of esters is 1. The summed E-state index contributed by atoms with van der Waals surface area (Å²) < 4.78 is 13.1. The fraction of sp³-hybridized carbons (Fsp3) is 0.694. The fourth-order valence-electron chi connectivity index (χ4n) is 6.83. The van der Waals surface area contributed by atoms with E-state index in [0.29, 0.717) is 24.1 Å². The maximum atomic E-state index is 13.6. The van der Waals surface area contributed by atoms with Crippen LogP contribution in [-0.4, -0.2) is 60.6 Å². The molecule has 5 heteroatoms. The Bertz CT molecular complexity index is 1120. The molecule has 3 aliphatic rings. The molecule has 0 radical (unpaired) electrons. The van der Waals surface area contributed by atoms with Gasteiger partial charge in [0.25, 0.3) is 0 Å². The lowest BCUT2D eigenvalue weighted by Gasteiger charge is -2.42. The second kappa shape index (κ2) is 14.3. The minimum Gasteiger partial charge on any atom is -0.483 e. The van der Waals surface area contributed by atoms with Crippen LogP contribution in [0.4, 0.5) is 0 Å². The zero-order valence-electron chi connectivity index (χ0n) is 26.7. The van der Waals surface area contributed by atoms with Crippen molar-refractivity contribution >= 4 is 11.5 Å². The Labute approximate surface area is 250 Å². The number of ether oxygens (including phenoxy) is 2. The summed E-state index contributed by atoms with van der Waals surface area (Å²) in [5, 5.41) is 0. The van der Waals surface area contributed by atoms with Gasteiger partial charge in [-0.1, -0.05) is 65.7 Å². The summed E-state index contributed by atoms with van der Waals surface area (Å²) >= 11 is 0. The van der Waals surface area contributed by atoms with Gasteiger partial charge in [0.05, 0.1) is 18.0 Å². The number of rotatable bonds is 12. The van der Waals surface area contributed by atoms with E-state index >= 15 is 0 Å². The van der Waals surface area contributed by atoms with Crippen LogP contribution in [0.2, 0.25) is 0 Å². The number of hydrogen-bond donors (Lipinski definition) is 0. The fourth-order valence-corrected chi connectivity index (χ4v) is 6.83. The first-order valence-electron chi connectivity index (χ1n) is 16.3. The highest BCUT2D eigenvalue weighted by atomic mass is 16.5. The van der Waals surface area contributed by atoms with Gasteiger partial charge in [0, 0.05) is 13.1 Å².